The van der Waals surface area contributed by atoms with Gasteiger partial charge in [-0.3, -0.25) is 9.59 Å². The summed E-state index contributed by atoms with van der Waals surface area (Å²) in [5.41, 5.74) is 2.39. The first-order chi connectivity index (χ1) is 11.2. The second-order valence-electron chi connectivity index (χ2n) is 4.97. The van der Waals surface area contributed by atoms with Crippen molar-refractivity contribution in [3.05, 3.63) is 94.3 Å². The van der Waals surface area contributed by atoms with Crippen molar-refractivity contribution in [1.29, 1.82) is 0 Å². The third-order valence-electron chi connectivity index (χ3n) is 3.36. The minimum atomic E-state index is -0.309. The fourth-order valence-corrected chi connectivity index (χ4v) is 2.24. The molecule has 4 heteroatoms. The van der Waals surface area contributed by atoms with Crippen LogP contribution < -0.4 is 5.56 Å². The average molecular weight is 302 g/mol. The first-order valence-electron chi connectivity index (χ1n) is 7.16. The predicted molar refractivity (Wildman–Crippen MR) is 90.1 cm³/mol. The third kappa shape index (κ3) is 3.49. The first kappa shape index (κ1) is 14.7. The van der Waals surface area contributed by atoms with Crippen molar-refractivity contribution in [3.8, 4) is 11.3 Å². The van der Waals surface area contributed by atoms with E-state index >= 15 is 0 Å². The Bertz CT molecular complexity index is 897. The maximum Gasteiger partial charge on any atom is 0.264 e. The Balaban J connectivity index is 1.97. The Kier molecular flexibility index (Phi) is 4.25. The number of ketones is 1. The molecule has 1 heterocycles. The second-order valence-corrected chi connectivity index (χ2v) is 4.97. The molecule has 0 saturated heterocycles. The standard InChI is InChI=1S/C19H14N2O2/c22-17(14-7-3-1-4-8-14)12-11-16-13-18(23)20-21-19(16)15-9-5-2-6-10-15/h1-13H,(H,20,23). The Morgan fingerprint density at radius 1 is 0.957 bits per heavy atom. The van der Waals surface area contributed by atoms with Gasteiger partial charge in [0, 0.05) is 22.8 Å². The molecule has 3 rings (SSSR count). The number of allylic oxidation sites excluding steroid dienone is 1. The van der Waals surface area contributed by atoms with E-state index in [4.69, 9.17) is 0 Å². The number of H-pyrrole nitrogens is 1. The fourth-order valence-electron chi connectivity index (χ4n) is 2.24. The predicted octanol–water partition coefficient (Wildman–Crippen LogP) is 3.33. The quantitative estimate of drug-likeness (QED) is 0.594. The number of aromatic nitrogens is 2. The van der Waals surface area contributed by atoms with Crippen LogP contribution >= 0.6 is 0 Å². The lowest BCUT2D eigenvalue weighted by Crippen LogP contribution is -2.08. The Hall–Kier alpha value is -3.27. The van der Waals surface area contributed by atoms with Gasteiger partial charge in [0.25, 0.3) is 5.56 Å². The zero-order valence-electron chi connectivity index (χ0n) is 12.3. The number of benzene rings is 2. The zero-order valence-corrected chi connectivity index (χ0v) is 12.3. The number of rotatable bonds is 4. The summed E-state index contributed by atoms with van der Waals surface area (Å²) in [6.07, 6.45) is 3.08. The van der Waals surface area contributed by atoms with Crippen LogP contribution in [0.15, 0.2) is 77.6 Å². The topological polar surface area (TPSA) is 62.8 Å². The zero-order chi connectivity index (χ0) is 16.1. The van der Waals surface area contributed by atoms with Crippen LogP contribution in [0.3, 0.4) is 0 Å². The van der Waals surface area contributed by atoms with Crippen molar-refractivity contribution < 1.29 is 4.79 Å². The molecule has 112 valence electrons. The van der Waals surface area contributed by atoms with Crippen LogP contribution in [-0.4, -0.2) is 16.0 Å². The summed E-state index contributed by atoms with van der Waals surface area (Å²) in [5, 5.41) is 6.53. The van der Waals surface area contributed by atoms with Gasteiger partial charge in [-0.1, -0.05) is 60.7 Å². The van der Waals surface area contributed by atoms with E-state index in [9.17, 15) is 9.59 Å². The highest BCUT2D eigenvalue weighted by atomic mass is 16.1. The number of carbonyl (C=O) groups is 1. The Morgan fingerprint density at radius 2 is 1.61 bits per heavy atom. The molecule has 0 spiro atoms. The average Bonchev–Trinajstić information content (AvgIpc) is 2.61. The van der Waals surface area contributed by atoms with Crippen LogP contribution in [0.4, 0.5) is 0 Å². The molecule has 0 fully saturated rings. The monoisotopic (exact) mass is 302 g/mol. The van der Waals surface area contributed by atoms with E-state index in [1.54, 1.807) is 18.2 Å². The minimum absolute atomic E-state index is 0.120. The Labute approximate surface area is 133 Å². The molecule has 1 N–H and O–H groups in total. The molecule has 3 aromatic rings. The molecule has 0 saturated carbocycles. The second kappa shape index (κ2) is 6.66. The molecule has 0 atom stereocenters. The highest BCUT2D eigenvalue weighted by Gasteiger charge is 2.06. The number of carbonyl (C=O) groups excluding carboxylic acids is 1. The van der Waals surface area contributed by atoms with Gasteiger partial charge in [-0.25, -0.2) is 5.10 Å². The largest absolute Gasteiger partial charge is 0.289 e. The minimum Gasteiger partial charge on any atom is -0.289 e. The normalized spacial score (nSPS) is 10.8. The van der Waals surface area contributed by atoms with Crippen LogP contribution in [-0.2, 0) is 0 Å². The van der Waals surface area contributed by atoms with Crippen molar-refractivity contribution >= 4 is 11.9 Å². The van der Waals surface area contributed by atoms with Crippen LogP contribution in [0, 0.1) is 0 Å². The molecule has 0 aliphatic carbocycles. The lowest BCUT2D eigenvalue weighted by molar-refractivity contribution is 0.104. The highest BCUT2D eigenvalue weighted by Crippen LogP contribution is 2.20. The number of nitrogens with one attached hydrogen (secondary N) is 1. The third-order valence-corrected chi connectivity index (χ3v) is 3.36. The first-order valence-corrected chi connectivity index (χ1v) is 7.16. The summed E-state index contributed by atoms with van der Waals surface area (Å²) in [5.74, 6) is -0.120. The summed E-state index contributed by atoms with van der Waals surface area (Å²) < 4.78 is 0. The summed E-state index contributed by atoms with van der Waals surface area (Å²) in [6.45, 7) is 0. The van der Waals surface area contributed by atoms with Crippen LogP contribution in [0.5, 0.6) is 0 Å². The van der Waals surface area contributed by atoms with Gasteiger partial charge < -0.3 is 0 Å². The van der Waals surface area contributed by atoms with E-state index < -0.39 is 0 Å². The van der Waals surface area contributed by atoms with Gasteiger partial charge in [-0.15, -0.1) is 0 Å². The molecule has 23 heavy (non-hydrogen) atoms. The molecule has 4 nitrogen and oxygen atoms in total. The van der Waals surface area contributed by atoms with Crippen molar-refractivity contribution in [1.82, 2.24) is 10.2 Å². The molecule has 0 radical (unpaired) electrons. The van der Waals surface area contributed by atoms with Gasteiger partial charge in [-0.2, -0.15) is 5.10 Å². The van der Waals surface area contributed by atoms with Gasteiger partial charge in [0.15, 0.2) is 5.78 Å². The van der Waals surface area contributed by atoms with Crippen LogP contribution in [0.25, 0.3) is 17.3 Å². The van der Waals surface area contributed by atoms with Crippen molar-refractivity contribution in [2.45, 2.75) is 0 Å². The maximum atomic E-state index is 12.2. The van der Waals surface area contributed by atoms with Crippen molar-refractivity contribution in [3.63, 3.8) is 0 Å². The summed E-state index contributed by atoms with van der Waals surface area (Å²) in [4.78, 5) is 23.7. The number of nitrogens with zero attached hydrogens (tertiary/aromatic N) is 1. The molecule has 0 aliphatic heterocycles. The Morgan fingerprint density at radius 3 is 2.30 bits per heavy atom. The molecular weight excluding hydrogens is 288 g/mol. The molecule has 2 aromatic carbocycles. The van der Waals surface area contributed by atoms with Gasteiger partial charge in [0.1, 0.15) is 0 Å². The van der Waals surface area contributed by atoms with Gasteiger partial charge in [-0.05, 0) is 12.2 Å². The lowest BCUT2D eigenvalue weighted by Gasteiger charge is -2.04. The summed E-state index contributed by atoms with van der Waals surface area (Å²) in [7, 11) is 0. The summed E-state index contributed by atoms with van der Waals surface area (Å²) in [6, 6.07) is 19.9. The van der Waals surface area contributed by atoms with Crippen molar-refractivity contribution in [2.75, 3.05) is 0 Å². The van der Waals surface area contributed by atoms with Gasteiger partial charge in [0.2, 0.25) is 0 Å². The van der Waals surface area contributed by atoms with E-state index in [2.05, 4.69) is 10.2 Å². The van der Waals surface area contributed by atoms with Crippen LogP contribution in [0.1, 0.15) is 15.9 Å². The number of hydrogen-bond donors (Lipinski definition) is 1. The number of aromatic amines is 1. The molecule has 0 aliphatic rings. The van der Waals surface area contributed by atoms with Gasteiger partial charge >= 0.3 is 0 Å². The fraction of sp³-hybridized carbons (Fsp3) is 0. The highest BCUT2D eigenvalue weighted by molar-refractivity contribution is 6.07. The van der Waals surface area contributed by atoms with E-state index in [-0.39, 0.29) is 11.3 Å². The van der Waals surface area contributed by atoms with E-state index in [0.29, 0.717) is 16.8 Å². The molecular formula is C19H14N2O2. The number of hydrogen-bond acceptors (Lipinski definition) is 3. The molecule has 0 unspecified atom stereocenters. The molecule has 0 amide bonds. The SMILES string of the molecule is O=C(C=Cc1cc(=O)[nH]nc1-c1ccccc1)c1ccccc1. The van der Waals surface area contributed by atoms with Crippen molar-refractivity contribution in [2.24, 2.45) is 0 Å². The van der Waals surface area contributed by atoms with E-state index in [0.717, 1.165) is 5.56 Å². The summed E-state index contributed by atoms with van der Waals surface area (Å²) >= 11 is 0. The lowest BCUT2D eigenvalue weighted by atomic mass is 10.0. The van der Waals surface area contributed by atoms with Crippen LogP contribution in [0.2, 0.25) is 0 Å². The van der Waals surface area contributed by atoms with E-state index in [1.165, 1.54) is 12.1 Å². The molecule has 0 bridgehead atoms. The van der Waals surface area contributed by atoms with E-state index in [1.807, 2.05) is 48.5 Å². The molecule has 1 aromatic heterocycles. The maximum absolute atomic E-state index is 12.2. The smallest absolute Gasteiger partial charge is 0.264 e. The van der Waals surface area contributed by atoms with Gasteiger partial charge in [0.05, 0.1) is 5.69 Å².